The first-order valence-electron chi connectivity index (χ1n) is 8.69. The van der Waals surface area contributed by atoms with Crippen LogP contribution in [0.4, 0.5) is 5.82 Å². The van der Waals surface area contributed by atoms with Crippen molar-refractivity contribution in [2.75, 3.05) is 11.9 Å². The highest BCUT2D eigenvalue weighted by Crippen LogP contribution is 2.14. The van der Waals surface area contributed by atoms with Crippen LogP contribution in [0.5, 0.6) is 0 Å². The third-order valence-corrected chi connectivity index (χ3v) is 3.85. The lowest BCUT2D eigenvalue weighted by Gasteiger charge is -2.07. The molecule has 0 atom stereocenters. The highest BCUT2D eigenvalue weighted by molar-refractivity contribution is 6.05. The summed E-state index contributed by atoms with van der Waals surface area (Å²) in [5, 5.41) is 3.54. The van der Waals surface area contributed by atoms with Crippen LogP contribution in [0.25, 0.3) is 10.9 Å². The first kappa shape index (κ1) is 18.4. The molecule has 0 saturated heterocycles. The van der Waals surface area contributed by atoms with Crippen LogP contribution >= 0.6 is 0 Å². The third kappa shape index (κ3) is 4.83. The Bertz CT molecular complexity index is 942. The topological polar surface area (TPSA) is 109 Å². The van der Waals surface area contributed by atoms with Crippen molar-refractivity contribution in [2.24, 2.45) is 0 Å². The first-order valence-corrected chi connectivity index (χ1v) is 8.69. The number of pyridine rings is 1. The van der Waals surface area contributed by atoms with Crippen LogP contribution in [0, 0.1) is 0 Å². The number of hydrogen-bond donors (Lipinski definition) is 3. The number of rotatable bonds is 7. The van der Waals surface area contributed by atoms with Crippen LogP contribution < -0.4 is 16.2 Å². The highest BCUT2D eigenvalue weighted by Gasteiger charge is 2.11. The van der Waals surface area contributed by atoms with Gasteiger partial charge < -0.3 is 5.32 Å². The Morgan fingerprint density at radius 3 is 2.70 bits per heavy atom. The molecule has 0 saturated carbocycles. The van der Waals surface area contributed by atoms with E-state index >= 15 is 0 Å². The van der Waals surface area contributed by atoms with Gasteiger partial charge in [0, 0.05) is 23.7 Å². The molecular formula is C19H20N6O2. The molecular weight excluding hydrogens is 344 g/mol. The molecule has 3 N–H and O–H groups in total. The van der Waals surface area contributed by atoms with Gasteiger partial charge in [-0.25, -0.2) is 15.4 Å². The van der Waals surface area contributed by atoms with Crippen LogP contribution in [0.3, 0.4) is 0 Å². The van der Waals surface area contributed by atoms with E-state index in [4.69, 9.17) is 0 Å². The average molecular weight is 364 g/mol. The average Bonchev–Trinajstić information content (AvgIpc) is 2.71. The van der Waals surface area contributed by atoms with Gasteiger partial charge >= 0.3 is 0 Å². The molecule has 0 aliphatic heterocycles. The van der Waals surface area contributed by atoms with Crippen molar-refractivity contribution < 1.29 is 9.59 Å². The fourth-order valence-corrected chi connectivity index (χ4v) is 2.39. The summed E-state index contributed by atoms with van der Waals surface area (Å²) in [5.41, 5.74) is 6.84. The second-order valence-corrected chi connectivity index (χ2v) is 5.89. The molecule has 0 unspecified atom stereocenters. The minimum atomic E-state index is -0.376. The molecule has 27 heavy (non-hydrogen) atoms. The van der Waals surface area contributed by atoms with E-state index in [1.165, 1.54) is 12.4 Å². The number of anilines is 1. The molecule has 0 radical (unpaired) electrons. The maximum absolute atomic E-state index is 12.4. The predicted molar refractivity (Wildman–Crippen MR) is 102 cm³/mol. The molecule has 2 heterocycles. The number of amides is 2. The fraction of sp³-hybridized carbons (Fsp3) is 0.211. The van der Waals surface area contributed by atoms with E-state index in [1.807, 2.05) is 12.1 Å². The van der Waals surface area contributed by atoms with Crippen molar-refractivity contribution >= 4 is 28.5 Å². The summed E-state index contributed by atoms with van der Waals surface area (Å²) in [7, 11) is 0. The molecule has 2 aromatic heterocycles. The number of carbonyl (C=O) groups is 2. The summed E-state index contributed by atoms with van der Waals surface area (Å²) < 4.78 is 0. The van der Waals surface area contributed by atoms with E-state index in [0.29, 0.717) is 12.1 Å². The molecule has 0 spiro atoms. The van der Waals surface area contributed by atoms with Crippen molar-refractivity contribution in [3.05, 3.63) is 60.2 Å². The number of unbranched alkanes of at least 4 members (excludes halogenated alkanes) is 1. The molecule has 138 valence electrons. The quantitative estimate of drug-likeness (QED) is 0.438. The van der Waals surface area contributed by atoms with Gasteiger partial charge in [0.05, 0.1) is 17.9 Å². The maximum Gasteiger partial charge on any atom is 0.285 e. The number of nitrogens with one attached hydrogen (secondary N) is 3. The van der Waals surface area contributed by atoms with Gasteiger partial charge in [0.25, 0.3) is 11.8 Å². The van der Waals surface area contributed by atoms with Crippen LogP contribution in [0.1, 0.15) is 40.6 Å². The summed E-state index contributed by atoms with van der Waals surface area (Å²) in [6.45, 7) is 2.75. The van der Waals surface area contributed by atoms with Gasteiger partial charge in [-0.3, -0.25) is 20.0 Å². The van der Waals surface area contributed by atoms with Gasteiger partial charge in [-0.2, -0.15) is 0 Å². The SMILES string of the molecule is CCCCNNC(=O)c1cnc(NC(=O)c2ccc3ncccc3c2)cn1. The number of benzene rings is 1. The minimum absolute atomic E-state index is 0.161. The molecule has 0 aliphatic rings. The fourth-order valence-electron chi connectivity index (χ4n) is 2.39. The van der Waals surface area contributed by atoms with Gasteiger partial charge in [0.1, 0.15) is 5.69 Å². The molecule has 0 fully saturated rings. The zero-order valence-electron chi connectivity index (χ0n) is 14.9. The molecule has 8 heteroatoms. The zero-order valence-corrected chi connectivity index (χ0v) is 14.9. The first-order chi connectivity index (χ1) is 13.2. The number of fused-ring (bicyclic) bond motifs is 1. The Hall–Kier alpha value is -3.39. The Labute approximate surface area is 156 Å². The van der Waals surface area contributed by atoms with Crippen LogP contribution in [-0.4, -0.2) is 33.3 Å². The predicted octanol–water partition coefficient (Wildman–Crippen LogP) is 2.31. The summed E-state index contributed by atoms with van der Waals surface area (Å²) in [4.78, 5) is 36.6. The highest BCUT2D eigenvalue weighted by atomic mass is 16.2. The van der Waals surface area contributed by atoms with E-state index in [1.54, 1.807) is 24.4 Å². The van der Waals surface area contributed by atoms with E-state index in [0.717, 1.165) is 23.7 Å². The molecule has 8 nitrogen and oxygen atoms in total. The normalized spacial score (nSPS) is 10.6. The second kappa shape index (κ2) is 8.81. The van der Waals surface area contributed by atoms with Crippen molar-refractivity contribution in [2.45, 2.75) is 19.8 Å². The Balaban J connectivity index is 1.61. The maximum atomic E-state index is 12.4. The molecule has 1 aromatic carbocycles. The monoisotopic (exact) mass is 364 g/mol. The van der Waals surface area contributed by atoms with Crippen molar-refractivity contribution in [3.63, 3.8) is 0 Å². The van der Waals surface area contributed by atoms with Crippen molar-refractivity contribution in [3.8, 4) is 0 Å². The standard InChI is InChI=1S/C19H20N6O2/c1-2-3-9-23-25-19(27)16-11-22-17(12-21-16)24-18(26)14-6-7-15-13(10-14)5-4-8-20-15/h4-8,10-12,23H,2-3,9H2,1H3,(H,25,27)(H,22,24,26). The van der Waals surface area contributed by atoms with Crippen molar-refractivity contribution in [1.29, 1.82) is 0 Å². The van der Waals surface area contributed by atoms with E-state index in [2.05, 4.69) is 38.0 Å². The number of aromatic nitrogens is 3. The Morgan fingerprint density at radius 2 is 1.93 bits per heavy atom. The smallest absolute Gasteiger partial charge is 0.285 e. The van der Waals surface area contributed by atoms with Gasteiger partial charge in [-0.05, 0) is 30.7 Å². The lowest BCUT2D eigenvalue weighted by Crippen LogP contribution is -2.38. The van der Waals surface area contributed by atoms with E-state index in [9.17, 15) is 9.59 Å². The van der Waals surface area contributed by atoms with Gasteiger partial charge in [0.2, 0.25) is 0 Å². The van der Waals surface area contributed by atoms with Gasteiger partial charge in [0.15, 0.2) is 5.82 Å². The number of carbonyl (C=O) groups excluding carboxylic acids is 2. The molecule has 3 rings (SSSR count). The molecule has 0 bridgehead atoms. The lowest BCUT2D eigenvalue weighted by atomic mass is 10.1. The summed E-state index contributed by atoms with van der Waals surface area (Å²) in [5.74, 6) is -0.422. The zero-order chi connectivity index (χ0) is 19.1. The summed E-state index contributed by atoms with van der Waals surface area (Å²) >= 11 is 0. The van der Waals surface area contributed by atoms with Crippen LogP contribution in [-0.2, 0) is 0 Å². The summed E-state index contributed by atoms with van der Waals surface area (Å²) in [6, 6.07) is 8.95. The van der Waals surface area contributed by atoms with Crippen LogP contribution in [0.15, 0.2) is 48.9 Å². The number of hydrazine groups is 1. The van der Waals surface area contributed by atoms with Crippen LogP contribution in [0.2, 0.25) is 0 Å². The lowest BCUT2D eigenvalue weighted by molar-refractivity contribution is 0.0927. The minimum Gasteiger partial charge on any atom is -0.305 e. The molecule has 0 aliphatic carbocycles. The van der Waals surface area contributed by atoms with Gasteiger partial charge in [-0.1, -0.05) is 19.4 Å². The molecule has 3 aromatic rings. The Kier molecular flexibility index (Phi) is 6.01. The van der Waals surface area contributed by atoms with Crippen molar-refractivity contribution in [1.82, 2.24) is 25.8 Å². The van der Waals surface area contributed by atoms with E-state index in [-0.39, 0.29) is 23.3 Å². The van der Waals surface area contributed by atoms with E-state index < -0.39 is 0 Å². The largest absolute Gasteiger partial charge is 0.305 e. The number of nitrogens with zero attached hydrogens (tertiary/aromatic N) is 3. The third-order valence-electron chi connectivity index (χ3n) is 3.85. The second-order valence-electron chi connectivity index (χ2n) is 5.89. The number of hydrogen-bond acceptors (Lipinski definition) is 6. The van der Waals surface area contributed by atoms with Gasteiger partial charge in [-0.15, -0.1) is 0 Å². The molecule has 2 amide bonds. The Morgan fingerprint density at radius 1 is 1.04 bits per heavy atom. The summed E-state index contributed by atoms with van der Waals surface area (Å²) in [6.07, 6.45) is 6.36.